The molecule has 1 aliphatic carbocycles. The summed E-state index contributed by atoms with van der Waals surface area (Å²) < 4.78 is 3.44. The van der Waals surface area contributed by atoms with E-state index in [1.54, 1.807) is 29.1 Å². The number of nitrogens with zero attached hydrogens (tertiary/aromatic N) is 4. The number of nitrogens with one attached hydrogen (secondary N) is 1. The highest BCUT2D eigenvalue weighted by atomic mass is 32.1. The maximum atomic E-state index is 12.8. The second-order valence-corrected chi connectivity index (χ2v) is 6.98. The lowest BCUT2D eigenvalue weighted by Crippen LogP contribution is -2.21. The molecule has 0 saturated heterocycles. The molecule has 3 heterocycles. The van der Waals surface area contributed by atoms with Crippen LogP contribution >= 0.6 is 11.3 Å². The third-order valence-corrected chi connectivity index (χ3v) is 5.60. The number of aromatic nitrogens is 4. The minimum absolute atomic E-state index is 0.0415. The van der Waals surface area contributed by atoms with E-state index < -0.39 is 0 Å². The molecule has 0 unspecified atom stereocenters. The number of fused-ring (bicyclic) bond motifs is 3. The first kappa shape index (κ1) is 14.4. The Morgan fingerprint density at radius 3 is 2.96 bits per heavy atom. The molecule has 6 nitrogen and oxygen atoms in total. The highest BCUT2D eigenvalue weighted by molar-refractivity contribution is 7.18. The fourth-order valence-electron chi connectivity index (χ4n) is 3.13. The van der Waals surface area contributed by atoms with E-state index in [0.717, 1.165) is 41.7 Å². The van der Waals surface area contributed by atoms with Gasteiger partial charge in [0.05, 0.1) is 17.3 Å². The number of anilines is 2. The summed E-state index contributed by atoms with van der Waals surface area (Å²) in [5.74, 6) is 0.566. The molecule has 0 radical (unpaired) electrons. The van der Waals surface area contributed by atoms with Crippen molar-refractivity contribution < 1.29 is 0 Å². The molecule has 0 fully saturated rings. The van der Waals surface area contributed by atoms with Crippen LogP contribution in [0.4, 0.5) is 11.6 Å². The lowest BCUT2D eigenvalue weighted by atomic mass is 9.97. The van der Waals surface area contributed by atoms with Gasteiger partial charge in [-0.1, -0.05) is 0 Å². The molecule has 3 aromatic heterocycles. The van der Waals surface area contributed by atoms with Gasteiger partial charge in [-0.15, -0.1) is 11.3 Å². The van der Waals surface area contributed by atoms with Crippen LogP contribution in [0.1, 0.15) is 30.2 Å². The largest absolute Gasteiger partial charge is 0.323 e. The quantitative estimate of drug-likeness (QED) is 0.802. The van der Waals surface area contributed by atoms with Gasteiger partial charge in [-0.3, -0.25) is 14.0 Å². The molecule has 1 N–H and O–H groups in total. The van der Waals surface area contributed by atoms with Gasteiger partial charge < -0.3 is 5.32 Å². The summed E-state index contributed by atoms with van der Waals surface area (Å²) in [6.07, 6.45) is 8.11. The number of thiophene rings is 1. The van der Waals surface area contributed by atoms with E-state index in [9.17, 15) is 4.79 Å². The number of hydrogen-bond acceptors (Lipinski definition) is 5. The van der Waals surface area contributed by atoms with Crippen LogP contribution in [0.2, 0.25) is 0 Å². The summed E-state index contributed by atoms with van der Waals surface area (Å²) >= 11 is 1.67. The lowest BCUT2D eigenvalue weighted by molar-refractivity contribution is 0.660. The van der Waals surface area contributed by atoms with Crippen molar-refractivity contribution in [3.05, 3.63) is 33.2 Å². The molecule has 0 atom stereocenters. The maximum absolute atomic E-state index is 12.8. The van der Waals surface area contributed by atoms with Crippen LogP contribution in [-0.4, -0.2) is 19.3 Å². The van der Waals surface area contributed by atoms with E-state index in [-0.39, 0.29) is 5.56 Å². The van der Waals surface area contributed by atoms with Crippen molar-refractivity contribution in [2.75, 3.05) is 5.32 Å². The number of rotatable bonds is 3. The van der Waals surface area contributed by atoms with Crippen LogP contribution in [0.15, 0.2) is 17.2 Å². The monoisotopic (exact) mass is 329 g/mol. The Labute approximate surface area is 137 Å². The van der Waals surface area contributed by atoms with Gasteiger partial charge in [0.15, 0.2) is 0 Å². The standard InChI is InChI=1S/C16H19N5OS/c1-3-21-9-10(8-17-21)18-16-19-14-13(15(22)20(16)2)11-6-4-5-7-12(11)23-14/h8-9H,3-7H2,1-2H3,(H,18,19). The predicted octanol–water partition coefficient (Wildman–Crippen LogP) is 2.83. The average Bonchev–Trinajstić information content (AvgIpc) is 3.16. The van der Waals surface area contributed by atoms with Crippen LogP contribution in [0, 0.1) is 0 Å². The van der Waals surface area contributed by atoms with Gasteiger partial charge in [0.1, 0.15) is 4.83 Å². The van der Waals surface area contributed by atoms with Crippen molar-refractivity contribution in [3.63, 3.8) is 0 Å². The van der Waals surface area contributed by atoms with Gasteiger partial charge in [0.25, 0.3) is 5.56 Å². The Hall–Kier alpha value is -2.15. The van der Waals surface area contributed by atoms with Gasteiger partial charge in [0, 0.05) is 24.7 Å². The SMILES string of the molecule is CCn1cc(Nc2nc3sc4c(c3c(=O)n2C)CCCC4)cn1. The van der Waals surface area contributed by atoms with Crippen molar-refractivity contribution in [2.24, 2.45) is 7.05 Å². The Bertz CT molecular complexity index is 936. The van der Waals surface area contributed by atoms with Crippen LogP contribution in [-0.2, 0) is 26.4 Å². The van der Waals surface area contributed by atoms with E-state index in [2.05, 4.69) is 10.4 Å². The molecule has 120 valence electrons. The van der Waals surface area contributed by atoms with Crippen molar-refractivity contribution in [3.8, 4) is 0 Å². The predicted molar refractivity (Wildman–Crippen MR) is 92.7 cm³/mol. The summed E-state index contributed by atoms with van der Waals surface area (Å²) in [6.45, 7) is 2.84. The maximum Gasteiger partial charge on any atom is 0.263 e. The molecular formula is C16H19N5OS. The van der Waals surface area contributed by atoms with Crippen LogP contribution in [0.3, 0.4) is 0 Å². The zero-order valence-electron chi connectivity index (χ0n) is 13.3. The Morgan fingerprint density at radius 2 is 2.17 bits per heavy atom. The molecule has 0 amide bonds. The summed E-state index contributed by atoms with van der Waals surface area (Å²) in [4.78, 5) is 19.7. The van der Waals surface area contributed by atoms with E-state index in [0.29, 0.717) is 5.95 Å². The van der Waals surface area contributed by atoms with E-state index in [4.69, 9.17) is 4.98 Å². The molecule has 0 bridgehead atoms. The summed E-state index contributed by atoms with van der Waals surface area (Å²) in [5.41, 5.74) is 2.12. The van der Waals surface area contributed by atoms with Crippen molar-refractivity contribution in [2.45, 2.75) is 39.2 Å². The zero-order chi connectivity index (χ0) is 16.0. The Morgan fingerprint density at radius 1 is 1.35 bits per heavy atom. The molecule has 0 saturated carbocycles. The summed E-state index contributed by atoms with van der Waals surface area (Å²) in [5, 5.41) is 8.28. The van der Waals surface area contributed by atoms with E-state index >= 15 is 0 Å². The van der Waals surface area contributed by atoms with Crippen LogP contribution < -0.4 is 10.9 Å². The van der Waals surface area contributed by atoms with E-state index in [1.165, 1.54) is 16.9 Å². The third kappa shape index (κ3) is 2.35. The van der Waals surface area contributed by atoms with Gasteiger partial charge >= 0.3 is 0 Å². The van der Waals surface area contributed by atoms with Gasteiger partial charge in [-0.05, 0) is 38.2 Å². The van der Waals surface area contributed by atoms with Crippen LogP contribution in [0.25, 0.3) is 10.2 Å². The number of aryl methyl sites for hydroxylation is 3. The first-order valence-electron chi connectivity index (χ1n) is 7.98. The number of hydrogen-bond donors (Lipinski definition) is 1. The van der Waals surface area contributed by atoms with E-state index in [1.807, 2.05) is 17.8 Å². The van der Waals surface area contributed by atoms with Crippen molar-refractivity contribution in [1.29, 1.82) is 0 Å². The molecular weight excluding hydrogens is 310 g/mol. The highest BCUT2D eigenvalue weighted by Crippen LogP contribution is 2.34. The topological polar surface area (TPSA) is 64.7 Å². The Balaban J connectivity index is 1.81. The normalized spacial score (nSPS) is 14.2. The molecule has 0 aromatic carbocycles. The van der Waals surface area contributed by atoms with Crippen LogP contribution in [0.5, 0.6) is 0 Å². The first-order chi connectivity index (χ1) is 11.2. The third-order valence-electron chi connectivity index (χ3n) is 4.41. The average molecular weight is 329 g/mol. The lowest BCUT2D eigenvalue weighted by Gasteiger charge is -2.11. The summed E-state index contributed by atoms with van der Waals surface area (Å²) in [6, 6.07) is 0. The molecule has 0 spiro atoms. The summed E-state index contributed by atoms with van der Waals surface area (Å²) in [7, 11) is 1.77. The minimum Gasteiger partial charge on any atom is -0.323 e. The second kappa shape index (κ2) is 5.49. The first-order valence-corrected chi connectivity index (χ1v) is 8.79. The molecule has 4 rings (SSSR count). The fourth-order valence-corrected chi connectivity index (χ4v) is 4.38. The van der Waals surface area contributed by atoms with Gasteiger partial charge in [-0.25, -0.2) is 4.98 Å². The molecule has 7 heteroatoms. The molecule has 23 heavy (non-hydrogen) atoms. The van der Waals surface area contributed by atoms with Crippen molar-refractivity contribution in [1.82, 2.24) is 19.3 Å². The molecule has 3 aromatic rings. The molecule has 0 aliphatic heterocycles. The van der Waals surface area contributed by atoms with Gasteiger partial charge in [0.2, 0.25) is 5.95 Å². The minimum atomic E-state index is 0.0415. The fraction of sp³-hybridized carbons (Fsp3) is 0.438. The highest BCUT2D eigenvalue weighted by Gasteiger charge is 2.21. The second-order valence-electron chi connectivity index (χ2n) is 5.90. The smallest absolute Gasteiger partial charge is 0.263 e. The van der Waals surface area contributed by atoms with Gasteiger partial charge in [-0.2, -0.15) is 5.10 Å². The Kier molecular flexibility index (Phi) is 3.45. The molecule has 1 aliphatic rings. The zero-order valence-corrected chi connectivity index (χ0v) is 14.1. The van der Waals surface area contributed by atoms with Crippen molar-refractivity contribution >= 4 is 33.2 Å².